The summed E-state index contributed by atoms with van der Waals surface area (Å²) in [5.41, 5.74) is 4.39. The van der Waals surface area contributed by atoms with Gasteiger partial charge in [-0.1, -0.05) is 48.5 Å². The van der Waals surface area contributed by atoms with E-state index in [4.69, 9.17) is 0 Å². The SMILES string of the molecule is O=C(NCc1ccccc1)c1ccc(C(=O)N2CCCc3ccccc32)cc1. The third-order valence-corrected chi connectivity index (χ3v) is 5.05. The molecule has 0 atom stereocenters. The molecule has 0 saturated carbocycles. The molecule has 140 valence electrons. The number of benzene rings is 3. The van der Waals surface area contributed by atoms with Gasteiger partial charge in [0, 0.05) is 29.9 Å². The summed E-state index contributed by atoms with van der Waals surface area (Å²) in [6.45, 7) is 1.19. The molecule has 0 aliphatic carbocycles. The molecule has 1 N–H and O–H groups in total. The molecule has 0 fully saturated rings. The molecule has 2 amide bonds. The van der Waals surface area contributed by atoms with Crippen LogP contribution in [-0.4, -0.2) is 18.4 Å². The highest BCUT2D eigenvalue weighted by Gasteiger charge is 2.23. The normalized spacial score (nSPS) is 12.9. The number of amides is 2. The Morgan fingerprint density at radius 1 is 0.821 bits per heavy atom. The standard InChI is InChI=1S/C24H22N2O2/c27-23(25-17-18-7-2-1-3-8-18)20-12-14-21(15-13-20)24(28)26-16-6-10-19-9-4-5-11-22(19)26/h1-5,7-9,11-15H,6,10,16-17H2,(H,25,27). The van der Waals surface area contributed by atoms with Crippen molar-refractivity contribution in [2.45, 2.75) is 19.4 Å². The Bertz CT molecular complexity index is 981. The maximum Gasteiger partial charge on any atom is 0.258 e. The summed E-state index contributed by atoms with van der Waals surface area (Å²) in [6.07, 6.45) is 1.96. The van der Waals surface area contributed by atoms with Gasteiger partial charge in [-0.3, -0.25) is 9.59 Å². The van der Waals surface area contributed by atoms with E-state index in [9.17, 15) is 9.59 Å². The fraction of sp³-hybridized carbons (Fsp3) is 0.167. The number of aryl methyl sites for hydroxylation is 1. The first-order chi connectivity index (χ1) is 13.7. The molecule has 0 aromatic heterocycles. The van der Waals surface area contributed by atoms with E-state index in [0.29, 0.717) is 17.7 Å². The number of nitrogens with one attached hydrogen (secondary N) is 1. The highest BCUT2D eigenvalue weighted by atomic mass is 16.2. The fourth-order valence-corrected chi connectivity index (χ4v) is 3.54. The Morgan fingerprint density at radius 2 is 1.50 bits per heavy atom. The van der Waals surface area contributed by atoms with Crippen LogP contribution >= 0.6 is 0 Å². The van der Waals surface area contributed by atoms with E-state index in [-0.39, 0.29) is 11.8 Å². The van der Waals surface area contributed by atoms with E-state index in [1.165, 1.54) is 5.56 Å². The first-order valence-corrected chi connectivity index (χ1v) is 9.54. The van der Waals surface area contributed by atoms with Crippen LogP contribution in [0.4, 0.5) is 5.69 Å². The van der Waals surface area contributed by atoms with Gasteiger partial charge in [0.25, 0.3) is 11.8 Å². The lowest BCUT2D eigenvalue weighted by Gasteiger charge is -2.29. The Balaban J connectivity index is 1.45. The monoisotopic (exact) mass is 370 g/mol. The third kappa shape index (κ3) is 3.81. The summed E-state index contributed by atoms with van der Waals surface area (Å²) < 4.78 is 0. The van der Waals surface area contributed by atoms with Crippen LogP contribution in [0, 0.1) is 0 Å². The van der Waals surface area contributed by atoms with Crippen molar-refractivity contribution in [2.75, 3.05) is 11.4 Å². The van der Waals surface area contributed by atoms with Crippen molar-refractivity contribution in [3.8, 4) is 0 Å². The lowest BCUT2D eigenvalue weighted by atomic mass is 10.0. The minimum Gasteiger partial charge on any atom is -0.348 e. The summed E-state index contributed by atoms with van der Waals surface area (Å²) in [5, 5.41) is 2.91. The quantitative estimate of drug-likeness (QED) is 0.748. The average molecular weight is 370 g/mol. The minimum atomic E-state index is -0.147. The number of carbonyl (C=O) groups excluding carboxylic acids is 2. The van der Waals surface area contributed by atoms with Crippen molar-refractivity contribution in [1.29, 1.82) is 0 Å². The third-order valence-electron chi connectivity index (χ3n) is 5.05. The van der Waals surface area contributed by atoms with Crippen LogP contribution in [0.15, 0.2) is 78.9 Å². The van der Waals surface area contributed by atoms with Gasteiger partial charge in [0.15, 0.2) is 0 Å². The van der Waals surface area contributed by atoms with Crippen LogP contribution < -0.4 is 10.2 Å². The molecule has 1 heterocycles. The van der Waals surface area contributed by atoms with Crippen LogP contribution in [0.3, 0.4) is 0 Å². The molecule has 3 aromatic carbocycles. The zero-order chi connectivity index (χ0) is 19.3. The molecule has 0 saturated heterocycles. The van der Waals surface area contributed by atoms with Gasteiger partial charge in [0.2, 0.25) is 0 Å². The van der Waals surface area contributed by atoms with Gasteiger partial charge < -0.3 is 10.2 Å². The molecule has 28 heavy (non-hydrogen) atoms. The average Bonchev–Trinajstić information content (AvgIpc) is 2.77. The minimum absolute atomic E-state index is 0.0246. The van der Waals surface area contributed by atoms with E-state index in [2.05, 4.69) is 11.4 Å². The van der Waals surface area contributed by atoms with Crippen molar-refractivity contribution >= 4 is 17.5 Å². The molecule has 0 unspecified atom stereocenters. The number of para-hydroxylation sites is 1. The van der Waals surface area contributed by atoms with Crippen LogP contribution in [0.25, 0.3) is 0 Å². The van der Waals surface area contributed by atoms with Gasteiger partial charge in [-0.2, -0.15) is 0 Å². The molecule has 1 aliphatic rings. The van der Waals surface area contributed by atoms with E-state index >= 15 is 0 Å². The molecule has 4 nitrogen and oxygen atoms in total. The van der Waals surface area contributed by atoms with Gasteiger partial charge >= 0.3 is 0 Å². The summed E-state index contributed by atoms with van der Waals surface area (Å²) in [4.78, 5) is 27.2. The van der Waals surface area contributed by atoms with E-state index in [1.54, 1.807) is 24.3 Å². The van der Waals surface area contributed by atoms with Gasteiger partial charge in [-0.25, -0.2) is 0 Å². The first-order valence-electron chi connectivity index (χ1n) is 9.54. The van der Waals surface area contributed by atoms with Crippen molar-refractivity contribution in [3.63, 3.8) is 0 Å². The molecular weight excluding hydrogens is 348 g/mol. The molecule has 0 bridgehead atoms. The number of rotatable bonds is 4. The van der Waals surface area contributed by atoms with Crippen molar-refractivity contribution < 1.29 is 9.59 Å². The summed E-state index contributed by atoms with van der Waals surface area (Å²) in [7, 11) is 0. The second-order valence-corrected chi connectivity index (χ2v) is 6.93. The molecule has 1 aliphatic heterocycles. The second kappa shape index (κ2) is 8.09. The van der Waals surface area contributed by atoms with Crippen molar-refractivity contribution in [3.05, 3.63) is 101 Å². The van der Waals surface area contributed by atoms with Gasteiger partial charge in [-0.15, -0.1) is 0 Å². The topological polar surface area (TPSA) is 49.4 Å². The Kier molecular flexibility index (Phi) is 5.20. The maximum atomic E-state index is 13.0. The van der Waals surface area contributed by atoms with Crippen molar-refractivity contribution in [2.24, 2.45) is 0 Å². The van der Waals surface area contributed by atoms with Gasteiger partial charge in [-0.05, 0) is 54.3 Å². The highest BCUT2D eigenvalue weighted by molar-refractivity contribution is 6.07. The largest absolute Gasteiger partial charge is 0.348 e. The summed E-state index contributed by atoms with van der Waals surface area (Å²) in [6, 6.07) is 24.7. The number of carbonyl (C=O) groups is 2. The zero-order valence-corrected chi connectivity index (χ0v) is 15.6. The Morgan fingerprint density at radius 3 is 2.29 bits per heavy atom. The summed E-state index contributed by atoms with van der Waals surface area (Å²) >= 11 is 0. The van der Waals surface area contributed by atoms with E-state index in [1.807, 2.05) is 53.4 Å². The van der Waals surface area contributed by atoms with E-state index < -0.39 is 0 Å². The molecule has 4 heteroatoms. The number of anilines is 1. The van der Waals surface area contributed by atoms with Crippen LogP contribution in [0.2, 0.25) is 0 Å². The number of hydrogen-bond donors (Lipinski definition) is 1. The molecular formula is C24H22N2O2. The Labute approximate surface area is 164 Å². The number of fused-ring (bicyclic) bond motifs is 1. The number of hydrogen-bond acceptors (Lipinski definition) is 2. The van der Waals surface area contributed by atoms with Crippen LogP contribution in [-0.2, 0) is 13.0 Å². The van der Waals surface area contributed by atoms with Gasteiger partial charge in [0.1, 0.15) is 0 Å². The molecule has 0 spiro atoms. The van der Waals surface area contributed by atoms with E-state index in [0.717, 1.165) is 30.6 Å². The maximum absolute atomic E-state index is 13.0. The number of nitrogens with zero attached hydrogens (tertiary/aromatic N) is 1. The lowest BCUT2D eigenvalue weighted by molar-refractivity contribution is 0.0947. The molecule has 4 rings (SSSR count). The first kappa shape index (κ1) is 18.0. The molecule has 0 radical (unpaired) electrons. The van der Waals surface area contributed by atoms with Gasteiger partial charge in [0.05, 0.1) is 0 Å². The predicted octanol–water partition coefficient (Wildman–Crippen LogP) is 4.21. The van der Waals surface area contributed by atoms with Crippen LogP contribution in [0.5, 0.6) is 0 Å². The fourth-order valence-electron chi connectivity index (χ4n) is 3.54. The lowest BCUT2D eigenvalue weighted by Crippen LogP contribution is -2.35. The zero-order valence-electron chi connectivity index (χ0n) is 15.6. The summed E-state index contributed by atoms with van der Waals surface area (Å²) in [5.74, 6) is -0.172. The van der Waals surface area contributed by atoms with Crippen molar-refractivity contribution in [1.82, 2.24) is 5.32 Å². The highest BCUT2D eigenvalue weighted by Crippen LogP contribution is 2.28. The second-order valence-electron chi connectivity index (χ2n) is 6.93. The predicted molar refractivity (Wildman–Crippen MR) is 110 cm³/mol. The molecule has 3 aromatic rings. The van der Waals surface area contributed by atoms with Crippen LogP contribution in [0.1, 0.15) is 38.3 Å². The Hall–Kier alpha value is -3.40. The smallest absolute Gasteiger partial charge is 0.258 e.